The van der Waals surface area contributed by atoms with E-state index in [0.29, 0.717) is 12.8 Å². The summed E-state index contributed by atoms with van der Waals surface area (Å²) < 4.78 is 18.2. The lowest BCUT2D eigenvalue weighted by atomic mass is 9.95. The molecule has 0 aromatic heterocycles. The van der Waals surface area contributed by atoms with E-state index in [1.54, 1.807) is 6.07 Å². The molecular formula is C16H17FN2O4. The number of hydrogen-bond donors (Lipinski definition) is 2. The molecule has 2 rings (SSSR count). The Bertz CT molecular complexity index is 630. The molecule has 1 aliphatic rings. The average Bonchev–Trinajstić information content (AvgIpc) is 2.55. The van der Waals surface area contributed by atoms with Gasteiger partial charge in [-0.15, -0.1) is 0 Å². The molecule has 1 aromatic rings. The Morgan fingerprint density at radius 1 is 1.22 bits per heavy atom. The van der Waals surface area contributed by atoms with Crippen LogP contribution in [0.4, 0.5) is 14.9 Å². The summed E-state index contributed by atoms with van der Waals surface area (Å²) in [6.45, 7) is -0.552. The van der Waals surface area contributed by atoms with Gasteiger partial charge in [0.15, 0.2) is 6.61 Å². The summed E-state index contributed by atoms with van der Waals surface area (Å²) in [4.78, 5) is 34.9. The predicted molar refractivity (Wildman–Crippen MR) is 81.0 cm³/mol. The first kappa shape index (κ1) is 16.7. The molecule has 0 saturated carbocycles. The van der Waals surface area contributed by atoms with Crippen LogP contribution in [0, 0.1) is 11.7 Å². The van der Waals surface area contributed by atoms with E-state index in [0.717, 1.165) is 6.42 Å². The van der Waals surface area contributed by atoms with E-state index in [2.05, 4.69) is 5.32 Å². The molecule has 0 radical (unpaired) electrons. The van der Waals surface area contributed by atoms with Gasteiger partial charge < -0.3 is 10.1 Å². The van der Waals surface area contributed by atoms with Crippen LogP contribution >= 0.6 is 0 Å². The van der Waals surface area contributed by atoms with E-state index in [1.807, 2.05) is 17.5 Å². The molecule has 0 spiro atoms. The van der Waals surface area contributed by atoms with Crippen molar-refractivity contribution in [2.24, 2.45) is 5.92 Å². The van der Waals surface area contributed by atoms with Gasteiger partial charge in [0.1, 0.15) is 5.82 Å². The third kappa shape index (κ3) is 5.21. The number of imide groups is 1. The molecule has 0 unspecified atom stereocenters. The Labute approximate surface area is 132 Å². The Morgan fingerprint density at radius 3 is 2.70 bits per heavy atom. The smallest absolute Gasteiger partial charge is 0.326 e. The highest BCUT2D eigenvalue weighted by Gasteiger charge is 2.21. The molecule has 7 heteroatoms. The number of carbonyl (C=O) groups is 3. The van der Waals surface area contributed by atoms with Gasteiger partial charge in [-0.3, -0.25) is 14.9 Å². The number of anilines is 1. The SMILES string of the molecule is O=C(COC(=O)[C@@H]1CC=CCC1)NC(=O)Nc1ccccc1F. The highest BCUT2D eigenvalue weighted by Crippen LogP contribution is 2.19. The van der Waals surface area contributed by atoms with Crippen molar-refractivity contribution < 1.29 is 23.5 Å². The summed E-state index contributed by atoms with van der Waals surface area (Å²) in [5.41, 5.74) is -0.0520. The molecule has 2 N–H and O–H groups in total. The first-order valence-electron chi connectivity index (χ1n) is 7.23. The quantitative estimate of drug-likeness (QED) is 0.659. The Hall–Kier alpha value is -2.70. The number of carbonyl (C=O) groups excluding carboxylic acids is 3. The summed E-state index contributed by atoms with van der Waals surface area (Å²) >= 11 is 0. The van der Waals surface area contributed by atoms with Gasteiger partial charge in [-0.2, -0.15) is 0 Å². The van der Waals surface area contributed by atoms with Crippen LogP contribution in [0.15, 0.2) is 36.4 Å². The minimum Gasteiger partial charge on any atom is -0.455 e. The maximum Gasteiger partial charge on any atom is 0.326 e. The fourth-order valence-corrected chi connectivity index (χ4v) is 2.14. The number of esters is 1. The van der Waals surface area contributed by atoms with E-state index < -0.39 is 30.3 Å². The topological polar surface area (TPSA) is 84.5 Å². The first-order chi connectivity index (χ1) is 11.1. The summed E-state index contributed by atoms with van der Waals surface area (Å²) in [7, 11) is 0. The van der Waals surface area contributed by atoms with Gasteiger partial charge in [0, 0.05) is 0 Å². The van der Waals surface area contributed by atoms with E-state index >= 15 is 0 Å². The van der Waals surface area contributed by atoms with Crippen LogP contribution in [-0.2, 0) is 14.3 Å². The van der Waals surface area contributed by atoms with Crippen molar-refractivity contribution >= 4 is 23.6 Å². The molecule has 0 fully saturated rings. The average molecular weight is 320 g/mol. The summed E-state index contributed by atoms with van der Waals surface area (Å²) in [6, 6.07) is 4.66. The molecular weight excluding hydrogens is 303 g/mol. The van der Waals surface area contributed by atoms with Crippen molar-refractivity contribution in [1.82, 2.24) is 5.32 Å². The Morgan fingerprint density at radius 2 is 2.00 bits per heavy atom. The van der Waals surface area contributed by atoms with Crippen LogP contribution in [0.3, 0.4) is 0 Å². The van der Waals surface area contributed by atoms with Crippen molar-refractivity contribution in [3.8, 4) is 0 Å². The third-order valence-electron chi connectivity index (χ3n) is 3.32. The lowest BCUT2D eigenvalue weighted by molar-refractivity contribution is -0.152. The van der Waals surface area contributed by atoms with Crippen molar-refractivity contribution in [2.75, 3.05) is 11.9 Å². The molecule has 1 atom stereocenters. The predicted octanol–water partition coefficient (Wildman–Crippen LogP) is 2.37. The fraction of sp³-hybridized carbons (Fsp3) is 0.312. The standard InChI is InChI=1S/C16H17FN2O4/c17-12-8-4-5-9-13(12)18-16(22)19-14(20)10-23-15(21)11-6-2-1-3-7-11/h1-2,4-5,8-9,11H,3,6-7,10H2,(H2,18,19,20,22)/t11-/m1/s1. The van der Waals surface area contributed by atoms with Crippen molar-refractivity contribution in [1.29, 1.82) is 0 Å². The monoisotopic (exact) mass is 320 g/mol. The lowest BCUT2D eigenvalue weighted by Gasteiger charge is -2.16. The van der Waals surface area contributed by atoms with Crippen LogP contribution in [0.2, 0.25) is 0 Å². The lowest BCUT2D eigenvalue weighted by Crippen LogP contribution is -2.38. The van der Waals surface area contributed by atoms with Gasteiger partial charge in [-0.25, -0.2) is 9.18 Å². The van der Waals surface area contributed by atoms with Gasteiger partial charge in [0.25, 0.3) is 5.91 Å². The van der Waals surface area contributed by atoms with E-state index in [9.17, 15) is 18.8 Å². The largest absolute Gasteiger partial charge is 0.455 e. The van der Waals surface area contributed by atoms with Crippen LogP contribution in [0.25, 0.3) is 0 Å². The zero-order valence-corrected chi connectivity index (χ0v) is 12.4. The van der Waals surface area contributed by atoms with Crippen LogP contribution in [0.5, 0.6) is 0 Å². The molecule has 23 heavy (non-hydrogen) atoms. The molecule has 3 amide bonds. The molecule has 1 aromatic carbocycles. The van der Waals surface area contributed by atoms with Crippen molar-refractivity contribution in [3.05, 3.63) is 42.2 Å². The van der Waals surface area contributed by atoms with E-state index in [1.165, 1.54) is 18.2 Å². The number of nitrogens with one attached hydrogen (secondary N) is 2. The maximum absolute atomic E-state index is 13.3. The number of allylic oxidation sites excluding steroid dienone is 2. The molecule has 0 aliphatic heterocycles. The second-order valence-electron chi connectivity index (χ2n) is 5.07. The number of para-hydroxylation sites is 1. The second kappa shape index (κ2) is 8.07. The summed E-state index contributed by atoms with van der Waals surface area (Å²) in [6.07, 6.45) is 5.97. The van der Waals surface area contributed by atoms with Crippen molar-refractivity contribution in [3.63, 3.8) is 0 Å². The third-order valence-corrected chi connectivity index (χ3v) is 3.32. The molecule has 1 aliphatic carbocycles. The number of rotatable bonds is 4. The minimum atomic E-state index is -0.892. The number of amides is 3. The number of ether oxygens (including phenoxy) is 1. The molecule has 0 saturated heterocycles. The Kier molecular flexibility index (Phi) is 5.85. The number of halogens is 1. The van der Waals surface area contributed by atoms with Crippen LogP contribution in [-0.4, -0.2) is 24.5 Å². The highest BCUT2D eigenvalue weighted by molar-refractivity contribution is 6.01. The summed E-state index contributed by atoms with van der Waals surface area (Å²) in [5.74, 6) is -2.11. The van der Waals surface area contributed by atoms with Crippen LogP contribution in [0.1, 0.15) is 19.3 Å². The minimum absolute atomic E-state index is 0.0520. The van der Waals surface area contributed by atoms with Gasteiger partial charge >= 0.3 is 12.0 Å². The number of urea groups is 1. The number of hydrogen-bond acceptors (Lipinski definition) is 4. The molecule has 0 heterocycles. The first-order valence-corrected chi connectivity index (χ1v) is 7.23. The highest BCUT2D eigenvalue weighted by atomic mass is 19.1. The van der Waals surface area contributed by atoms with Gasteiger partial charge in [-0.1, -0.05) is 24.3 Å². The molecule has 6 nitrogen and oxygen atoms in total. The normalized spacial score (nSPS) is 16.5. The van der Waals surface area contributed by atoms with Gasteiger partial charge in [0.05, 0.1) is 11.6 Å². The fourth-order valence-electron chi connectivity index (χ4n) is 2.14. The number of benzene rings is 1. The Balaban J connectivity index is 1.74. The van der Waals surface area contributed by atoms with Gasteiger partial charge in [-0.05, 0) is 31.4 Å². The zero-order chi connectivity index (χ0) is 16.7. The van der Waals surface area contributed by atoms with Crippen molar-refractivity contribution in [2.45, 2.75) is 19.3 Å². The maximum atomic E-state index is 13.3. The summed E-state index contributed by atoms with van der Waals surface area (Å²) in [5, 5.41) is 4.16. The second-order valence-corrected chi connectivity index (χ2v) is 5.07. The molecule has 122 valence electrons. The van der Waals surface area contributed by atoms with Crippen LogP contribution < -0.4 is 10.6 Å². The van der Waals surface area contributed by atoms with E-state index in [-0.39, 0.29) is 11.6 Å². The van der Waals surface area contributed by atoms with E-state index in [4.69, 9.17) is 4.74 Å². The molecule has 0 bridgehead atoms. The van der Waals surface area contributed by atoms with Gasteiger partial charge in [0.2, 0.25) is 0 Å². The zero-order valence-electron chi connectivity index (χ0n) is 12.4.